The van der Waals surface area contributed by atoms with Gasteiger partial charge >= 0.3 is 0 Å². The van der Waals surface area contributed by atoms with Crippen molar-refractivity contribution >= 4 is 0 Å². The summed E-state index contributed by atoms with van der Waals surface area (Å²) < 4.78 is 32.0. The van der Waals surface area contributed by atoms with Crippen molar-refractivity contribution in [2.45, 2.75) is 77.6 Å². The topological polar surface area (TPSA) is 9.23 Å². The molecule has 0 amide bonds. The average Bonchev–Trinajstić information content (AvgIpc) is 2.73. The van der Waals surface area contributed by atoms with Crippen LogP contribution in [0.2, 0.25) is 0 Å². The first-order chi connectivity index (χ1) is 13.7. The molecule has 0 heterocycles. The molecule has 2 fully saturated rings. The van der Waals surface area contributed by atoms with Crippen LogP contribution in [0.1, 0.15) is 77.6 Å². The molecule has 0 aliphatic heterocycles. The Morgan fingerprint density at radius 2 is 1.61 bits per heavy atom. The second kappa shape index (κ2) is 11.0. The lowest BCUT2D eigenvalue weighted by atomic mass is 9.69. The second-order valence-corrected chi connectivity index (χ2v) is 8.91. The summed E-state index contributed by atoms with van der Waals surface area (Å²) in [5.74, 6) is 1.93. The molecule has 28 heavy (non-hydrogen) atoms. The van der Waals surface area contributed by atoms with E-state index < -0.39 is 11.6 Å². The molecule has 1 aromatic carbocycles. The first-order valence-electron chi connectivity index (χ1n) is 11.4. The van der Waals surface area contributed by atoms with Gasteiger partial charge in [0.2, 0.25) is 0 Å². The monoisotopic (exact) mass is 390 g/mol. The minimum atomic E-state index is -0.836. The summed E-state index contributed by atoms with van der Waals surface area (Å²) in [6.07, 6.45) is 19.3. The maximum Gasteiger partial charge on any atom is 0.162 e. The van der Waals surface area contributed by atoms with Crippen molar-refractivity contribution in [2.24, 2.45) is 23.7 Å². The van der Waals surface area contributed by atoms with Crippen LogP contribution in [0.4, 0.5) is 8.78 Å². The van der Waals surface area contributed by atoms with E-state index in [1.165, 1.54) is 76.7 Å². The minimum absolute atomic E-state index is 0.436. The molecule has 2 aliphatic carbocycles. The number of hydrogen-bond acceptors (Lipinski definition) is 1. The predicted octanol–water partition coefficient (Wildman–Crippen LogP) is 7.70. The predicted molar refractivity (Wildman–Crippen MR) is 111 cm³/mol. The highest BCUT2D eigenvalue weighted by atomic mass is 19.2. The lowest BCUT2D eigenvalue weighted by Crippen LogP contribution is -2.27. The van der Waals surface area contributed by atoms with Crippen LogP contribution in [-0.4, -0.2) is 6.61 Å². The van der Waals surface area contributed by atoms with Crippen molar-refractivity contribution in [3.63, 3.8) is 0 Å². The van der Waals surface area contributed by atoms with E-state index in [0.717, 1.165) is 29.9 Å². The zero-order chi connectivity index (χ0) is 19.8. The summed E-state index contributed by atoms with van der Waals surface area (Å²) in [6, 6.07) is 3.80. The standard InChI is InChI=1S/C25H36F2O/c1-2-3-4-5-6-19-7-11-21(12-8-19)22-13-9-20(10-14-22)18-28-23-15-16-24(26)25(27)17-23/h5-6,15-17,19-22H,2-4,7-14,18H2,1H3/b6-5+. The summed E-state index contributed by atoms with van der Waals surface area (Å²) in [7, 11) is 0. The molecular weight excluding hydrogens is 354 g/mol. The van der Waals surface area contributed by atoms with Crippen molar-refractivity contribution < 1.29 is 13.5 Å². The Hall–Kier alpha value is -1.38. The first kappa shape index (κ1) is 21.3. The fraction of sp³-hybridized carbons (Fsp3) is 0.680. The number of allylic oxidation sites excluding steroid dienone is 2. The summed E-state index contributed by atoms with van der Waals surface area (Å²) >= 11 is 0. The third kappa shape index (κ3) is 6.32. The van der Waals surface area contributed by atoms with E-state index in [2.05, 4.69) is 19.1 Å². The summed E-state index contributed by atoms with van der Waals surface area (Å²) in [5.41, 5.74) is 0. The van der Waals surface area contributed by atoms with E-state index in [0.29, 0.717) is 18.3 Å². The zero-order valence-corrected chi connectivity index (χ0v) is 17.3. The molecule has 3 heteroatoms. The quantitative estimate of drug-likeness (QED) is 0.326. The van der Waals surface area contributed by atoms with Gasteiger partial charge in [-0.2, -0.15) is 0 Å². The van der Waals surface area contributed by atoms with E-state index in [9.17, 15) is 8.78 Å². The number of unbranched alkanes of at least 4 members (excludes halogenated alkanes) is 2. The van der Waals surface area contributed by atoms with E-state index in [-0.39, 0.29) is 0 Å². The van der Waals surface area contributed by atoms with Crippen molar-refractivity contribution in [3.8, 4) is 5.75 Å². The first-order valence-corrected chi connectivity index (χ1v) is 11.4. The normalized spacial score (nSPS) is 28.5. The summed E-state index contributed by atoms with van der Waals surface area (Å²) in [4.78, 5) is 0. The highest BCUT2D eigenvalue weighted by Crippen LogP contribution is 2.41. The van der Waals surface area contributed by atoms with Crippen molar-refractivity contribution in [2.75, 3.05) is 6.61 Å². The largest absolute Gasteiger partial charge is 0.493 e. The molecule has 0 atom stereocenters. The maximum absolute atomic E-state index is 13.3. The molecule has 0 N–H and O–H groups in total. The van der Waals surface area contributed by atoms with Crippen LogP contribution >= 0.6 is 0 Å². The molecule has 0 unspecified atom stereocenters. The molecule has 1 nitrogen and oxygen atoms in total. The van der Waals surface area contributed by atoms with Gasteiger partial charge in [0.25, 0.3) is 0 Å². The Bertz CT molecular complexity index is 611. The zero-order valence-electron chi connectivity index (χ0n) is 17.3. The third-order valence-electron chi connectivity index (χ3n) is 6.88. The van der Waals surface area contributed by atoms with Crippen molar-refractivity contribution in [1.29, 1.82) is 0 Å². The fourth-order valence-corrected chi connectivity index (χ4v) is 5.03. The maximum atomic E-state index is 13.3. The van der Waals surface area contributed by atoms with Gasteiger partial charge in [0.05, 0.1) is 6.61 Å². The minimum Gasteiger partial charge on any atom is -0.493 e. The lowest BCUT2D eigenvalue weighted by molar-refractivity contribution is 0.129. The fourth-order valence-electron chi connectivity index (χ4n) is 5.03. The van der Waals surface area contributed by atoms with Crippen LogP contribution in [0.5, 0.6) is 5.75 Å². The van der Waals surface area contributed by atoms with Crippen LogP contribution in [0.3, 0.4) is 0 Å². The van der Waals surface area contributed by atoms with Crippen LogP contribution < -0.4 is 4.74 Å². The SMILES string of the molecule is CCCC/C=C/C1CCC(C2CCC(COc3ccc(F)c(F)c3)CC2)CC1. The Morgan fingerprint density at radius 1 is 0.929 bits per heavy atom. The Kier molecular flexibility index (Phi) is 8.36. The van der Waals surface area contributed by atoms with Crippen LogP contribution in [0.25, 0.3) is 0 Å². The molecule has 2 aliphatic rings. The molecule has 0 spiro atoms. The number of rotatable bonds is 8. The van der Waals surface area contributed by atoms with Crippen molar-refractivity contribution in [3.05, 3.63) is 42.0 Å². The molecule has 3 rings (SSSR count). The highest BCUT2D eigenvalue weighted by Gasteiger charge is 2.30. The van der Waals surface area contributed by atoms with E-state index in [1.54, 1.807) is 0 Å². The van der Waals surface area contributed by atoms with E-state index in [4.69, 9.17) is 4.74 Å². The average molecular weight is 391 g/mol. The molecule has 0 saturated heterocycles. The number of benzene rings is 1. The molecule has 1 aromatic rings. The Labute approximate surface area is 169 Å². The van der Waals surface area contributed by atoms with Gasteiger partial charge in [0.1, 0.15) is 5.75 Å². The Morgan fingerprint density at radius 3 is 2.25 bits per heavy atom. The summed E-state index contributed by atoms with van der Waals surface area (Å²) in [6.45, 7) is 2.87. The van der Waals surface area contributed by atoms with Crippen LogP contribution in [-0.2, 0) is 0 Å². The molecule has 156 valence electrons. The lowest BCUT2D eigenvalue weighted by Gasteiger charge is -2.37. The van der Waals surface area contributed by atoms with Crippen molar-refractivity contribution in [1.82, 2.24) is 0 Å². The second-order valence-electron chi connectivity index (χ2n) is 8.91. The van der Waals surface area contributed by atoms with Gasteiger partial charge in [0.15, 0.2) is 11.6 Å². The molecular formula is C25H36F2O. The number of halogens is 2. The highest BCUT2D eigenvalue weighted by molar-refractivity contribution is 5.23. The van der Waals surface area contributed by atoms with Gasteiger partial charge in [-0.05, 0) is 93.6 Å². The van der Waals surface area contributed by atoms with Gasteiger partial charge in [0, 0.05) is 6.07 Å². The van der Waals surface area contributed by atoms with Crippen LogP contribution in [0.15, 0.2) is 30.4 Å². The van der Waals surface area contributed by atoms with Crippen LogP contribution in [0, 0.1) is 35.3 Å². The van der Waals surface area contributed by atoms with Gasteiger partial charge in [-0.15, -0.1) is 0 Å². The summed E-state index contributed by atoms with van der Waals surface area (Å²) in [5, 5.41) is 0. The smallest absolute Gasteiger partial charge is 0.162 e. The molecule has 2 saturated carbocycles. The van der Waals surface area contributed by atoms with Gasteiger partial charge in [-0.25, -0.2) is 8.78 Å². The number of hydrogen-bond donors (Lipinski definition) is 0. The molecule has 0 aromatic heterocycles. The van der Waals surface area contributed by atoms with Gasteiger partial charge in [-0.1, -0.05) is 31.9 Å². The van der Waals surface area contributed by atoms with E-state index in [1.807, 2.05) is 0 Å². The van der Waals surface area contributed by atoms with Gasteiger partial charge < -0.3 is 4.74 Å². The molecule has 0 bridgehead atoms. The number of ether oxygens (including phenoxy) is 1. The van der Waals surface area contributed by atoms with E-state index >= 15 is 0 Å². The molecule has 0 radical (unpaired) electrons. The Balaban J connectivity index is 1.34. The van der Waals surface area contributed by atoms with Gasteiger partial charge in [-0.3, -0.25) is 0 Å². The third-order valence-corrected chi connectivity index (χ3v) is 6.88.